The van der Waals surface area contributed by atoms with Crippen molar-refractivity contribution >= 4 is 11.9 Å². The minimum atomic E-state index is -0.816. The van der Waals surface area contributed by atoms with E-state index in [9.17, 15) is 9.59 Å². The Morgan fingerprint density at radius 3 is 2.55 bits per heavy atom. The normalized spacial score (nSPS) is 12.2. The molecule has 1 atom stereocenters. The van der Waals surface area contributed by atoms with E-state index < -0.39 is 17.6 Å². The third kappa shape index (κ3) is 10.9. The molecule has 0 rings (SSSR count). The second-order valence-corrected chi connectivity index (χ2v) is 5.70. The Morgan fingerprint density at radius 2 is 2.00 bits per heavy atom. The zero-order valence-electron chi connectivity index (χ0n) is 13.8. The van der Waals surface area contributed by atoms with Gasteiger partial charge < -0.3 is 14.8 Å². The second-order valence-electron chi connectivity index (χ2n) is 5.70. The minimum Gasteiger partial charge on any atom is -0.466 e. The number of hydrogen-bond acceptors (Lipinski definition) is 6. The van der Waals surface area contributed by atoms with Gasteiger partial charge in [-0.05, 0) is 59.2 Å². The van der Waals surface area contributed by atoms with E-state index >= 15 is 0 Å². The molecule has 0 spiro atoms. The SMILES string of the molecule is CCOC(=O)C(CCNCCCC(=O)OC(C)(C)C)N=[N+]=[N-]. The zero-order chi connectivity index (χ0) is 17.0. The van der Waals surface area contributed by atoms with E-state index in [1.165, 1.54) is 0 Å². The molecule has 0 amide bonds. The summed E-state index contributed by atoms with van der Waals surface area (Å²) in [7, 11) is 0. The minimum absolute atomic E-state index is 0.229. The van der Waals surface area contributed by atoms with E-state index in [-0.39, 0.29) is 12.6 Å². The van der Waals surface area contributed by atoms with Crippen LogP contribution in [-0.2, 0) is 19.1 Å². The molecule has 0 bridgehead atoms. The Bertz CT molecular complexity index is 400. The second kappa shape index (κ2) is 10.9. The van der Waals surface area contributed by atoms with Crippen molar-refractivity contribution in [2.24, 2.45) is 5.11 Å². The largest absolute Gasteiger partial charge is 0.466 e. The van der Waals surface area contributed by atoms with Crippen molar-refractivity contribution in [3.05, 3.63) is 10.4 Å². The van der Waals surface area contributed by atoms with Gasteiger partial charge in [-0.3, -0.25) is 9.59 Å². The number of nitrogens with one attached hydrogen (secondary N) is 1. The lowest BCUT2D eigenvalue weighted by molar-refractivity contribution is -0.154. The maximum Gasteiger partial charge on any atom is 0.314 e. The van der Waals surface area contributed by atoms with Crippen LogP contribution in [0.1, 0.15) is 47.0 Å². The van der Waals surface area contributed by atoms with Gasteiger partial charge in [0.2, 0.25) is 0 Å². The molecule has 22 heavy (non-hydrogen) atoms. The molecule has 0 heterocycles. The Balaban J connectivity index is 3.84. The van der Waals surface area contributed by atoms with Crippen molar-refractivity contribution < 1.29 is 19.1 Å². The highest BCUT2D eigenvalue weighted by Gasteiger charge is 2.18. The maximum absolute atomic E-state index is 11.5. The first-order valence-electron chi connectivity index (χ1n) is 7.43. The number of rotatable bonds is 10. The molecule has 0 fully saturated rings. The molecule has 0 aliphatic carbocycles. The molecule has 0 aliphatic heterocycles. The number of carbonyl (C=O) groups is 2. The van der Waals surface area contributed by atoms with Crippen LogP contribution < -0.4 is 5.32 Å². The summed E-state index contributed by atoms with van der Waals surface area (Å²) in [5.74, 6) is -0.747. The lowest BCUT2D eigenvalue weighted by atomic mass is 10.2. The van der Waals surface area contributed by atoms with E-state index in [2.05, 4.69) is 15.3 Å². The fourth-order valence-corrected chi connectivity index (χ4v) is 1.64. The van der Waals surface area contributed by atoms with E-state index in [1.807, 2.05) is 20.8 Å². The third-order valence-corrected chi connectivity index (χ3v) is 2.50. The molecule has 0 radical (unpaired) electrons. The van der Waals surface area contributed by atoms with E-state index in [0.717, 1.165) is 0 Å². The topological polar surface area (TPSA) is 113 Å². The number of nitrogens with zero attached hydrogens (tertiary/aromatic N) is 3. The highest BCUT2D eigenvalue weighted by atomic mass is 16.6. The van der Waals surface area contributed by atoms with Crippen LogP contribution in [-0.4, -0.2) is 43.3 Å². The van der Waals surface area contributed by atoms with Crippen molar-refractivity contribution in [2.75, 3.05) is 19.7 Å². The smallest absolute Gasteiger partial charge is 0.314 e. The molecule has 0 aromatic carbocycles. The van der Waals surface area contributed by atoms with Crippen LogP contribution in [0, 0.1) is 0 Å². The van der Waals surface area contributed by atoms with Crippen molar-refractivity contribution in [2.45, 2.75) is 58.6 Å². The predicted molar refractivity (Wildman–Crippen MR) is 82.1 cm³/mol. The van der Waals surface area contributed by atoms with Crippen LogP contribution in [0.5, 0.6) is 0 Å². The van der Waals surface area contributed by atoms with Gasteiger partial charge >= 0.3 is 11.9 Å². The fourth-order valence-electron chi connectivity index (χ4n) is 1.64. The van der Waals surface area contributed by atoms with E-state index in [0.29, 0.717) is 32.4 Å². The van der Waals surface area contributed by atoms with E-state index in [1.54, 1.807) is 6.92 Å². The van der Waals surface area contributed by atoms with Gasteiger partial charge in [0.25, 0.3) is 0 Å². The molecule has 1 unspecified atom stereocenters. The summed E-state index contributed by atoms with van der Waals surface area (Å²) in [4.78, 5) is 25.6. The van der Waals surface area contributed by atoms with Gasteiger partial charge in [0.15, 0.2) is 0 Å². The molecular weight excluding hydrogens is 288 g/mol. The van der Waals surface area contributed by atoms with Gasteiger partial charge in [-0.2, -0.15) is 0 Å². The van der Waals surface area contributed by atoms with Gasteiger partial charge in [-0.1, -0.05) is 5.11 Å². The average molecular weight is 314 g/mol. The fraction of sp³-hybridized carbons (Fsp3) is 0.857. The van der Waals surface area contributed by atoms with Crippen LogP contribution in [0.25, 0.3) is 10.4 Å². The molecule has 1 N–H and O–H groups in total. The molecule has 0 saturated carbocycles. The molecule has 0 aromatic heterocycles. The lowest BCUT2D eigenvalue weighted by Gasteiger charge is -2.19. The van der Waals surface area contributed by atoms with Crippen LogP contribution in [0.2, 0.25) is 0 Å². The lowest BCUT2D eigenvalue weighted by Crippen LogP contribution is -2.28. The summed E-state index contributed by atoms with van der Waals surface area (Å²) in [6.07, 6.45) is 1.33. The molecular formula is C14H26N4O4. The quantitative estimate of drug-likeness (QED) is 0.218. The first-order valence-corrected chi connectivity index (χ1v) is 7.43. The monoisotopic (exact) mass is 314 g/mol. The number of hydrogen-bond donors (Lipinski definition) is 1. The van der Waals surface area contributed by atoms with Gasteiger partial charge in [0.05, 0.1) is 6.61 Å². The molecule has 8 heteroatoms. The van der Waals surface area contributed by atoms with Gasteiger partial charge in [-0.15, -0.1) is 0 Å². The van der Waals surface area contributed by atoms with Gasteiger partial charge in [0.1, 0.15) is 11.6 Å². The first kappa shape index (κ1) is 20.2. The van der Waals surface area contributed by atoms with Gasteiger partial charge in [-0.25, -0.2) is 0 Å². The molecule has 126 valence electrons. The number of azide groups is 1. The highest BCUT2D eigenvalue weighted by Crippen LogP contribution is 2.08. The van der Waals surface area contributed by atoms with E-state index in [4.69, 9.17) is 15.0 Å². The summed E-state index contributed by atoms with van der Waals surface area (Å²) >= 11 is 0. The van der Waals surface area contributed by atoms with Crippen molar-refractivity contribution in [3.8, 4) is 0 Å². The molecule has 8 nitrogen and oxygen atoms in total. The van der Waals surface area contributed by atoms with Crippen LogP contribution in [0.15, 0.2) is 5.11 Å². The standard InChI is InChI=1S/C14H26N4O4/c1-5-21-13(20)11(17-18-15)8-10-16-9-6-7-12(19)22-14(2,3)4/h11,16H,5-10H2,1-4H3. The van der Waals surface area contributed by atoms with Gasteiger partial charge in [0, 0.05) is 11.3 Å². The van der Waals surface area contributed by atoms with Crippen LogP contribution in [0.4, 0.5) is 0 Å². The van der Waals surface area contributed by atoms with Crippen molar-refractivity contribution in [3.63, 3.8) is 0 Å². The van der Waals surface area contributed by atoms with Crippen molar-refractivity contribution in [1.29, 1.82) is 0 Å². The summed E-state index contributed by atoms with van der Waals surface area (Å²) in [6.45, 7) is 8.54. The summed E-state index contributed by atoms with van der Waals surface area (Å²) in [5, 5.41) is 6.51. The zero-order valence-corrected chi connectivity index (χ0v) is 13.8. The third-order valence-electron chi connectivity index (χ3n) is 2.50. The Morgan fingerprint density at radius 1 is 1.32 bits per heavy atom. The molecule has 0 saturated heterocycles. The Kier molecular flexibility index (Phi) is 9.98. The summed E-state index contributed by atoms with van der Waals surface area (Å²) in [5.41, 5.74) is 7.96. The van der Waals surface area contributed by atoms with Crippen LogP contribution in [0.3, 0.4) is 0 Å². The highest BCUT2D eigenvalue weighted by molar-refractivity contribution is 5.75. The summed E-state index contributed by atoms with van der Waals surface area (Å²) in [6, 6.07) is -0.816. The Hall–Kier alpha value is -1.79. The van der Waals surface area contributed by atoms with Crippen LogP contribution >= 0.6 is 0 Å². The number of ether oxygens (including phenoxy) is 2. The number of esters is 2. The number of carbonyl (C=O) groups excluding carboxylic acids is 2. The Labute approximate surface area is 131 Å². The maximum atomic E-state index is 11.5. The predicted octanol–water partition coefficient (Wildman–Crippen LogP) is 2.33. The van der Waals surface area contributed by atoms with Crippen molar-refractivity contribution in [1.82, 2.24) is 5.32 Å². The first-order chi connectivity index (χ1) is 10.3. The molecule has 0 aromatic rings. The summed E-state index contributed by atoms with van der Waals surface area (Å²) < 4.78 is 10.0. The molecule has 0 aliphatic rings. The average Bonchev–Trinajstić information content (AvgIpc) is 2.39.